The van der Waals surface area contributed by atoms with Gasteiger partial charge in [-0.15, -0.1) is 0 Å². The van der Waals surface area contributed by atoms with Crippen LogP contribution < -0.4 is 9.47 Å². The van der Waals surface area contributed by atoms with Crippen LogP contribution in [0.4, 0.5) is 0 Å². The van der Waals surface area contributed by atoms with E-state index in [1.165, 1.54) is 0 Å². The summed E-state index contributed by atoms with van der Waals surface area (Å²) in [6, 6.07) is 7.52. The van der Waals surface area contributed by atoms with Crippen molar-refractivity contribution in [3.63, 3.8) is 0 Å². The summed E-state index contributed by atoms with van der Waals surface area (Å²) in [5.41, 5.74) is 1.13. The molecule has 1 rings (SSSR count). The Morgan fingerprint density at radius 2 is 1.65 bits per heavy atom. The summed E-state index contributed by atoms with van der Waals surface area (Å²) in [5, 5.41) is 0.0534. The highest BCUT2D eigenvalue weighted by molar-refractivity contribution is 6.74. The molecule has 1 aromatic carbocycles. The average Bonchev–Trinajstić information content (AvgIpc) is 2.79. The minimum Gasteiger partial charge on any atom is -0.497 e. The van der Waals surface area contributed by atoms with Gasteiger partial charge in [0.1, 0.15) is 23.9 Å². The highest BCUT2D eigenvalue weighted by Gasteiger charge is 2.42. The molecule has 0 aliphatic rings. The van der Waals surface area contributed by atoms with E-state index in [2.05, 4.69) is 60.4 Å². The second kappa shape index (κ2) is 13.3. The Morgan fingerprint density at radius 1 is 1.09 bits per heavy atom. The molecule has 0 radical (unpaired) electrons. The first kappa shape index (κ1) is 30.1. The molecule has 192 valence electrons. The third-order valence-electron chi connectivity index (χ3n) is 6.86. The van der Waals surface area contributed by atoms with Gasteiger partial charge in [-0.05, 0) is 49.3 Å². The van der Waals surface area contributed by atoms with Gasteiger partial charge < -0.3 is 23.4 Å². The Labute approximate surface area is 208 Å². The van der Waals surface area contributed by atoms with Crippen LogP contribution >= 0.6 is 0 Å². The maximum absolute atomic E-state index is 11.8. The van der Waals surface area contributed by atoms with Crippen LogP contribution in [0.2, 0.25) is 18.1 Å². The van der Waals surface area contributed by atoms with Crippen molar-refractivity contribution in [1.82, 2.24) is 0 Å². The van der Waals surface area contributed by atoms with Crippen molar-refractivity contribution >= 4 is 14.6 Å². The molecular formula is C28H46O5Si. The van der Waals surface area contributed by atoms with E-state index >= 15 is 0 Å². The van der Waals surface area contributed by atoms with Gasteiger partial charge in [0, 0.05) is 25.4 Å². The van der Waals surface area contributed by atoms with E-state index in [-0.39, 0.29) is 35.2 Å². The zero-order chi connectivity index (χ0) is 26.1. The van der Waals surface area contributed by atoms with Gasteiger partial charge in [0.25, 0.3) is 0 Å². The number of ether oxygens (including phenoxy) is 3. The standard InChI is InChI=1S/C28H46O5Si/c1-12-23(32-25-15-13-24(30-8)14-16-25)17-20(2)18-26(31-9)22(4)27(21(3)19-29)33-34(10,11)28(5,6)7/h12-16,18-19,21-23,26-27H,1,17H2,2-11H3/b20-18+/t21-,22-,23-,26+,27+/m0/s1. The van der Waals surface area contributed by atoms with E-state index in [0.717, 1.165) is 23.4 Å². The monoisotopic (exact) mass is 490 g/mol. The topological polar surface area (TPSA) is 54.0 Å². The Kier molecular flexibility index (Phi) is 11.8. The van der Waals surface area contributed by atoms with Gasteiger partial charge in [-0.2, -0.15) is 0 Å². The molecule has 0 saturated carbocycles. The fraction of sp³-hybridized carbons (Fsp3) is 0.607. The summed E-state index contributed by atoms with van der Waals surface area (Å²) < 4.78 is 23.9. The van der Waals surface area contributed by atoms with Gasteiger partial charge in [0.05, 0.1) is 19.3 Å². The average molecular weight is 491 g/mol. The summed E-state index contributed by atoms with van der Waals surface area (Å²) in [6.45, 7) is 21.1. The van der Waals surface area contributed by atoms with Crippen LogP contribution in [0.15, 0.2) is 48.6 Å². The number of carbonyl (C=O) groups is 1. The van der Waals surface area contributed by atoms with Crippen LogP contribution in [0.3, 0.4) is 0 Å². The number of rotatable bonds is 14. The molecule has 0 fully saturated rings. The van der Waals surface area contributed by atoms with Crippen molar-refractivity contribution in [2.45, 2.75) is 84.4 Å². The number of hydrogen-bond acceptors (Lipinski definition) is 5. The van der Waals surface area contributed by atoms with Crippen LogP contribution in [-0.2, 0) is 14.0 Å². The van der Waals surface area contributed by atoms with Gasteiger partial charge in [0.15, 0.2) is 8.32 Å². The molecule has 0 amide bonds. The van der Waals surface area contributed by atoms with Gasteiger partial charge in [-0.1, -0.05) is 58.9 Å². The number of benzene rings is 1. The fourth-order valence-corrected chi connectivity index (χ4v) is 5.04. The first-order valence-electron chi connectivity index (χ1n) is 12.1. The molecule has 0 aliphatic carbocycles. The second-order valence-corrected chi connectivity index (χ2v) is 15.4. The molecule has 34 heavy (non-hydrogen) atoms. The first-order valence-corrected chi connectivity index (χ1v) is 15.0. The smallest absolute Gasteiger partial charge is 0.192 e. The maximum Gasteiger partial charge on any atom is 0.192 e. The van der Waals surface area contributed by atoms with Crippen molar-refractivity contribution in [2.24, 2.45) is 11.8 Å². The van der Waals surface area contributed by atoms with Crippen LogP contribution in [0.25, 0.3) is 0 Å². The third-order valence-corrected chi connectivity index (χ3v) is 11.3. The normalized spacial score (nSPS) is 17.3. The van der Waals surface area contributed by atoms with Crippen LogP contribution in [0.5, 0.6) is 11.5 Å². The Morgan fingerprint density at radius 3 is 2.09 bits per heavy atom. The SMILES string of the molecule is C=C[C@@H](C/C(C)=C/[C@@H](OC)[C@H](C)[C@H](O[Si](C)(C)C(C)(C)C)[C@@H](C)C=O)Oc1ccc(OC)cc1. The molecule has 0 heterocycles. The molecule has 0 N–H and O–H groups in total. The van der Waals surface area contributed by atoms with Crippen molar-refractivity contribution in [3.05, 3.63) is 48.6 Å². The number of aldehydes is 1. The summed E-state index contributed by atoms with van der Waals surface area (Å²) in [4.78, 5) is 11.8. The summed E-state index contributed by atoms with van der Waals surface area (Å²) in [7, 11) is 1.28. The van der Waals surface area contributed by atoms with E-state index in [4.69, 9.17) is 18.6 Å². The van der Waals surface area contributed by atoms with Gasteiger partial charge >= 0.3 is 0 Å². The molecule has 0 saturated heterocycles. The van der Waals surface area contributed by atoms with Crippen LogP contribution in [0, 0.1) is 11.8 Å². The van der Waals surface area contributed by atoms with Crippen molar-refractivity contribution in [1.29, 1.82) is 0 Å². The molecule has 0 aliphatic heterocycles. The molecule has 5 nitrogen and oxygen atoms in total. The van der Waals surface area contributed by atoms with Crippen LogP contribution in [0.1, 0.15) is 48.0 Å². The predicted octanol–water partition coefficient (Wildman–Crippen LogP) is 6.84. The van der Waals surface area contributed by atoms with E-state index < -0.39 is 8.32 Å². The Bertz CT molecular complexity index is 794. The van der Waals surface area contributed by atoms with Crippen molar-refractivity contribution in [2.75, 3.05) is 14.2 Å². The third kappa shape index (κ3) is 8.71. The predicted molar refractivity (Wildman–Crippen MR) is 143 cm³/mol. The van der Waals surface area contributed by atoms with E-state index in [0.29, 0.717) is 6.42 Å². The Balaban J connectivity index is 3.01. The van der Waals surface area contributed by atoms with Crippen molar-refractivity contribution in [3.8, 4) is 11.5 Å². The second-order valence-electron chi connectivity index (χ2n) is 10.7. The number of methoxy groups -OCH3 is 2. The lowest BCUT2D eigenvalue weighted by atomic mass is 9.88. The quantitative estimate of drug-likeness (QED) is 0.162. The minimum atomic E-state index is -2.07. The Hall–Kier alpha value is -1.89. The lowest BCUT2D eigenvalue weighted by Gasteiger charge is -2.43. The number of hydrogen-bond donors (Lipinski definition) is 0. The zero-order valence-corrected chi connectivity index (χ0v) is 23.9. The molecule has 5 atom stereocenters. The van der Waals surface area contributed by atoms with Gasteiger partial charge in [0.2, 0.25) is 0 Å². The molecule has 6 heteroatoms. The fourth-order valence-electron chi connectivity index (χ4n) is 3.58. The lowest BCUT2D eigenvalue weighted by molar-refractivity contribution is -0.115. The minimum absolute atomic E-state index is 0.000960. The molecular weight excluding hydrogens is 444 g/mol. The van der Waals surface area contributed by atoms with Gasteiger partial charge in [-0.25, -0.2) is 0 Å². The lowest BCUT2D eigenvalue weighted by Crippen LogP contribution is -2.49. The summed E-state index contributed by atoms with van der Waals surface area (Å²) >= 11 is 0. The van der Waals surface area contributed by atoms with E-state index in [9.17, 15) is 4.79 Å². The van der Waals surface area contributed by atoms with E-state index in [1.807, 2.05) is 37.3 Å². The summed E-state index contributed by atoms with van der Waals surface area (Å²) in [5.74, 6) is 1.32. The number of carbonyl (C=O) groups excluding carboxylic acids is 1. The molecule has 1 aromatic rings. The molecule has 0 spiro atoms. The largest absolute Gasteiger partial charge is 0.497 e. The maximum atomic E-state index is 11.8. The van der Waals surface area contributed by atoms with Crippen LogP contribution in [-0.4, -0.2) is 47.1 Å². The highest BCUT2D eigenvalue weighted by atomic mass is 28.4. The molecule has 0 aromatic heterocycles. The first-order chi connectivity index (χ1) is 15.8. The van der Waals surface area contributed by atoms with Gasteiger partial charge in [-0.3, -0.25) is 0 Å². The zero-order valence-electron chi connectivity index (χ0n) is 22.9. The summed E-state index contributed by atoms with van der Waals surface area (Å²) in [6.07, 6.45) is 5.02. The van der Waals surface area contributed by atoms with Crippen molar-refractivity contribution < 1.29 is 23.4 Å². The van der Waals surface area contributed by atoms with E-state index in [1.54, 1.807) is 14.2 Å². The highest BCUT2D eigenvalue weighted by Crippen LogP contribution is 2.39. The molecule has 0 unspecified atom stereocenters. The molecule has 0 bridgehead atoms.